The first-order valence-corrected chi connectivity index (χ1v) is 13.8. The van der Waals surface area contributed by atoms with Crippen LogP contribution in [0.3, 0.4) is 0 Å². The molecule has 2 aliphatic heterocycles. The maximum absolute atomic E-state index is 12.9. The van der Waals surface area contributed by atoms with Gasteiger partial charge in [-0.1, -0.05) is 24.4 Å². The van der Waals surface area contributed by atoms with E-state index in [2.05, 4.69) is 26.8 Å². The molecule has 3 aromatic heterocycles. The highest BCUT2D eigenvalue weighted by Crippen LogP contribution is 2.29. The van der Waals surface area contributed by atoms with E-state index in [-0.39, 0.29) is 11.9 Å². The lowest BCUT2D eigenvalue weighted by Gasteiger charge is -2.32. The number of amides is 1. The lowest BCUT2D eigenvalue weighted by atomic mass is 10.1. The molecule has 4 aromatic rings. The number of hydrogen-bond donors (Lipinski definition) is 1. The summed E-state index contributed by atoms with van der Waals surface area (Å²) in [5, 5.41) is 0.848. The summed E-state index contributed by atoms with van der Waals surface area (Å²) >= 11 is 5.91. The molecular formula is C28H31N9O2S. The molecule has 1 amide bonds. The third kappa shape index (κ3) is 5.37. The number of anilines is 2. The zero-order valence-corrected chi connectivity index (χ0v) is 23.2. The second-order valence-electron chi connectivity index (χ2n) is 10.1. The van der Waals surface area contributed by atoms with Crippen LogP contribution in [0.5, 0.6) is 0 Å². The summed E-state index contributed by atoms with van der Waals surface area (Å²) in [4.78, 5) is 38.1. The van der Waals surface area contributed by atoms with Crippen LogP contribution in [0, 0.1) is 0 Å². The maximum Gasteiger partial charge on any atom is 0.253 e. The molecule has 206 valence electrons. The van der Waals surface area contributed by atoms with Gasteiger partial charge in [-0.3, -0.25) is 9.36 Å². The number of ether oxygens (including phenoxy) is 1. The van der Waals surface area contributed by atoms with Crippen molar-refractivity contribution in [3.8, 4) is 11.3 Å². The van der Waals surface area contributed by atoms with Gasteiger partial charge in [0.1, 0.15) is 0 Å². The van der Waals surface area contributed by atoms with Gasteiger partial charge in [0, 0.05) is 80.8 Å². The van der Waals surface area contributed by atoms with Crippen molar-refractivity contribution in [1.29, 1.82) is 0 Å². The number of piperazine rings is 1. The first-order chi connectivity index (χ1) is 19.5. The molecule has 2 N–H and O–H groups in total. The Balaban J connectivity index is 1.27. The average Bonchev–Trinajstić information content (AvgIpc) is 3.42. The van der Waals surface area contributed by atoms with Crippen LogP contribution in [-0.4, -0.2) is 105 Å². The number of aromatic nitrogens is 5. The zero-order chi connectivity index (χ0) is 27.6. The minimum atomic E-state index is 0.0742. The van der Waals surface area contributed by atoms with Crippen LogP contribution in [0.25, 0.3) is 22.3 Å². The fraction of sp³-hybridized carbons (Fsp3) is 0.357. The fourth-order valence-electron chi connectivity index (χ4n) is 5.01. The van der Waals surface area contributed by atoms with Gasteiger partial charge >= 0.3 is 0 Å². The highest BCUT2D eigenvalue weighted by Gasteiger charge is 2.22. The van der Waals surface area contributed by atoms with E-state index in [0.717, 1.165) is 54.0 Å². The Morgan fingerprint density at radius 2 is 1.68 bits per heavy atom. The predicted octanol–water partition coefficient (Wildman–Crippen LogP) is 2.11. The van der Waals surface area contributed by atoms with Gasteiger partial charge in [-0.2, -0.15) is 4.98 Å². The van der Waals surface area contributed by atoms with Gasteiger partial charge in [-0.25, -0.2) is 15.0 Å². The van der Waals surface area contributed by atoms with Crippen LogP contribution in [0.15, 0.2) is 48.9 Å². The largest absolute Gasteiger partial charge is 0.378 e. The van der Waals surface area contributed by atoms with Crippen molar-refractivity contribution in [1.82, 2.24) is 34.3 Å². The lowest BCUT2D eigenvalue weighted by Crippen LogP contribution is -2.47. The van der Waals surface area contributed by atoms with E-state index in [1.54, 1.807) is 12.4 Å². The second-order valence-corrected chi connectivity index (χ2v) is 10.6. The number of benzene rings is 1. The molecule has 1 aromatic carbocycles. The van der Waals surface area contributed by atoms with E-state index in [1.165, 1.54) is 0 Å². The second kappa shape index (κ2) is 11.2. The van der Waals surface area contributed by atoms with E-state index in [4.69, 9.17) is 32.7 Å². The normalized spacial score (nSPS) is 16.4. The Bertz CT molecular complexity index is 1520. The van der Waals surface area contributed by atoms with Crippen LogP contribution >= 0.6 is 12.2 Å². The minimum Gasteiger partial charge on any atom is -0.378 e. The number of morpholine rings is 1. The van der Waals surface area contributed by atoms with Crippen molar-refractivity contribution >= 4 is 46.0 Å². The monoisotopic (exact) mass is 557 g/mol. The molecule has 2 fully saturated rings. The molecule has 5 heterocycles. The Labute approximate surface area is 237 Å². The van der Waals surface area contributed by atoms with Gasteiger partial charge in [0.2, 0.25) is 11.9 Å². The fourth-order valence-corrected chi connectivity index (χ4v) is 5.32. The van der Waals surface area contributed by atoms with E-state index >= 15 is 0 Å². The Kier molecular flexibility index (Phi) is 7.37. The van der Waals surface area contributed by atoms with Crippen molar-refractivity contribution in [3.05, 3.63) is 60.0 Å². The van der Waals surface area contributed by atoms with Gasteiger partial charge in [0.15, 0.2) is 5.65 Å². The van der Waals surface area contributed by atoms with E-state index in [9.17, 15) is 4.79 Å². The molecule has 0 saturated carbocycles. The molecule has 12 heteroatoms. The minimum absolute atomic E-state index is 0.0742. The van der Waals surface area contributed by atoms with Gasteiger partial charge < -0.3 is 25.2 Å². The molecule has 2 saturated heterocycles. The van der Waals surface area contributed by atoms with Crippen LogP contribution in [0.4, 0.5) is 11.9 Å². The number of nitrogens with zero attached hydrogens (tertiary/aromatic N) is 8. The summed E-state index contributed by atoms with van der Waals surface area (Å²) in [6.45, 7) is 5.94. The number of likely N-dealkylation sites (N-methyl/N-ethyl adjacent to an activating group) is 1. The van der Waals surface area contributed by atoms with Gasteiger partial charge in [0.25, 0.3) is 5.91 Å². The summed E-state index contributed by atoms with van der Waals surface area (Å²) in [7, 11) is 2.08. The summed E-state index contributed by atoms with van der Waals surface area (Å²) < 4.78 is 7.46. The Morgan fingerprint density at radius 3 is 2.38 bits per heavy atom. The molecule has 0 radical (unpaired) electrons. The van der Waals surface area contributed by atoms with Crippen LogP contribution in [0.1, 0.15) is 15.9 Å². The van der Waals surface area contributed by atoms with E-state index in [0.29, 0.717) is 49.2 Å². The lowest BCUT2D eigenvalue weighted by molar-refractivity contribution is 0.0664. The molecule has 11 nitrogen and oxygen atoms in total. The topological polar surface area (TPSA) is 119 Å². The maximum atomic E-state index is 12.9. The van der Waals surface area contributed by atoms with Crippen molar-refractivity contribution in [3.63, 3.8) is 0 Å². The predicted molar refractivity (Wildman–Crippen MR) is 158 cm³/mol. The summed E-state index contributed by atoms with van der Waals surface area (Å²) in [6.07, 6.45) is 5.80. The smallest absolute Gasteiger partial charge is 0.253 e. The number of rotatable bonds is 5. The van der Waals surface area contributed by atoms with Gasteiger partial charge in [0.05, 0.1) is 23.9 Å². The average molecular weight is 558 g/mol. The van der Waals surface area contributed by atoms with Crippen molar-refractivity contribution in [2.75, 3.05) is 70.2 Å². The van der Waals surface area contributed by atoms with Crippen LogP contribution in [-0.2, 0) is 11.2 Å². The van der Waals surface area contributed by atoms with Crippen molar-refractivity contribution in [2.24, 2.45) is 0 Å². The molecule has 0 atom stereocenters. The number of thiocarbonyl (C=S) groups is 1. The third-order valence-electron chi connectivity index (χ3n) is 7.39. The highest BCUT2D eigenvalue weighted by atomic mass is 32.1. The zero-order valence-electron chi connectivity index (χ0n) is 22.4. The number of carbonyl (C=O) groups is 1. The summed E-state index contributed by atoms with van der Waals surface area (Å²) in [5.41, 5.74) is 9.64. The first-order valence-electron chi connectivity index (χ1n) is 13.4. The van der Waals surface area contributed by atoms with Crippen molar-refractivity contribution in [2.45, 2.75) is 6.42 Å². The Hall–Kier alpha value is -4.00. The van der Waals surface area contributed by atoms with E-state index < -0.39 is 0 Å². The highest BCUT2D eigenvalue weighted by molar-refractivity contribution is 7.80. The third-order valence-corrected chi connectivity index (χ3v) is 7.73. The van der Waals surface area contributed by atoms with Crippen LogP contribution in [0.2, 0.25) is 0 Å². The molecule has 6 rings (SSSR count). The molecule has 0 unspecified atom stereocenters. The standard InChI is InChI=1S/C28H31N9O2S/c1-34-8-10-35(11-9-34)26(38)20-4-2-19(3-5-20)16-23(40)37-7-6-22-24(21-17-30-27(29)31-18-21)32-28(33-25(22)37)36-12-14-39-15-13-36/h2-7,17-18H,8-16H2,1H3,(H2,29,30,31). The number of carbonyl (C=O) groups excluding carboxylic acids is 1. The molecule has 0 spiro atoms. The SMILES string of the molecule is CN1CCN(C(=O)c2ccc(CC(=S)n3ccc4c(-c5cnc(N)nc5)nc(N5CCOCC5)nc43)cc2)CC1. The quantitative estimate of drug-likeness (QED) is 0.366. The number of hydrogen-bond acceptors (Lipinski definition) is 10. The molecule has 0 aliphatic carbocycles. The molecular weight excluding hydrogens is 526 g/mol. The number of nitrogens with two attached hydrogens (primary N) is 1. The van der Waals surface area contributed by atoms with E-state index in [1.807, 2.05) is 46.0 Å². The number of nitrogen functional groups attached to an aromatic ring is 1. The van der Waals surface area contributed by atoms with Gasteiger partial charge in [-0.15, -0.1) is 0 Å². The van der Waals surface area contributed by atoms with Crippen LogP contribution < -0.4 is 10.6 Å². The molecule has 2 aliphatic rings. The van der Waals surface area contributed by atoms with Gasteiger partial charge in [-0.05, 0) is 30.8 Å². The van der Waals surface area contributed by atoms with Crippen molar-refractivity contribution < 1.29 is 9.53 Å². The first kappa shape index (κ1) is 26.2. The number of fused-ring (bicyclic) bond motifs is 1. The Morgan fingerprint density at radius 1 is 0.975 bits per heavy atom. The molecule has 0 bridgehead atoms. The summed E-state index contributed by atoms with van der Waals surface area (Å²) in [5.74, 6) is 0.889. The molecule has 40 heavy (non-hydrogen) atoms. The summed E-state index contributed by atoms with van der Waals surface area (Å²) in [6, 6.07) is 9.71.